The van der Waals surface area contributed by atoms with Crippen molar-refractivity contribution in [2.24, 2.45) is 11.8 Å². The second kappa shape index (κ2) is 6.44. The number of hydrogen-bond acceptors (Lipinski definition) is 9. The van der Waals surface area contributed by atoms with Crippen LogP contribution in [-0.2, 0) is 24.7 Å². The van der Waals surface area contributed by atoms with E-state index in [2.05, 4.69) is 0 Å². The third kappa shape index (κ3) is 2.18. The molecule has 7 rings (SSSR count). The Hall–Kier alpha value is -3.62. The summed E-state index contributed by atoms with van der Waals surface area (Å²) in [7, 11) is 4.51. The van der Waals surface area contributed by atoms with Gasteiger partial charge in [0.25, 0.3) is 0 Å². The van der Waals surface area contributed by atoms with Crippen LogP contribution in [0, 0.1) is 11.8 Å². The van der Waals surface area contributed by atoms with E-state index in [0.717, 1.165) is 5.56 Å². The standard InChI is InChI=1S/C23H20O9/c1-26-16-4-10(5-17(27-2)20(16)28-3)23-13-7-15-14(30-9-31-15)6-11(13)18(21(24)32-23)12-8-29-22(25)19(12)23/h4-7,12,18-19H,8-9H2,1-3H3/t12-,18+,19+,23+/m0/s1. The molecule has 4 aliphatic heterocycles. The van der Waals surface area contributed by atoms with E-state index >= 15 is 0 Å². The topological polar surface area (TPSA) is 98.8 Å². The zero-order valence-electron chi connectivity index (χ0n) is 17.6. The van der Waals surface area contributed by atoms with Crippen molar-refractivity contribution in [3.8, 4) is 28.7 Å². The number of benzene rings is 2. The molecule has 2 aromatic rings. The van der Waals surface area contributed by atoms with E-state index in [1.165, 1.54) is 21.3 Å². The van der Waals surface area contributed by atoms with Crippen LogP contribution in [0.2, 0.25) is 0 Å². The number of esters is 2. The fourth-order valence-electron chi connectivity index (χ4n) is 5.56. The summed E-state index contributed by atoms with van der Waals surface area (Å²) >= 11 is 0. The van der Waals surface area contributed by atoms with E-state index < -0.39 is 29.4 Å². The number of rotatable bonds is 4. The van der Waals surface area contributed by atoms with Crippen LogP contribution in [0.25, 0.3) is 0 Å². The van der Waals surface area contributed by atoms with Crippen LogP contribution in [-0.4, -0.2) is 46.7 Å². The van der Waals surface area contributed by atoms with Crippen molar-refractivity contribution in [1.29, 1.82) is 0 Å². The minimum atomic E-state index is -1.44. The molecule has 0 amide bonds. The molecule has 0 radical (unpaired) electrons. The number of ether oxygens (including phenoxy) is 7. The van der Waals surface area contributed by atoms with Gasteiger partial charge in [-0.25, -0.2) is 0 Å². The summed E-state index contributed by atoms with van der Waals surface area (Å²) in [5.74, 6) is -0.295. The van der Waals surface area contributed by atoms with Crippen molar-refractivity contribution in [1.82, 2.24) is 0 Å². The Morgan fingerprint density at radius 2 is 1.56 bits per heavy atom. The molecule has 2 aromatic carbocycles. The quantitative estimate of drug-likeness (QED) is 0.662. The number of cyclic esters (lactones) is 1. The Balaban J connectivity index is 1.69. The minimum Gasteiger partial charge on any atom is -0.493 e. The molecule has 0 saturated carbocycles. The second-order valence-corrected chi connectivity index (χ2v) is 8.11. The highest BCUT2D eigenvalue weighted by Crippen LogP contribution is 2.63. The molecule has 0 N–H and O–H groups in total. The highest BCUT2D eigenvalue weighted by atomic mass is 16.7. The molecule has 0 aromatic heterocycles. The molecule has 4 atom stereocenters. The average Bonchev–Trinajstić information content (AvgIpc) is 3.43. The predicted molar refractivity (Wildman–Crippen MR) is 106 cm³/mol. The van der Waals surface area contributed by atoms with Crippen molar-refractivity contribution in [2.45, 2.75) is 11.5 Å². The summed E-state index contributed by atoms with van der Waals surface area (Å²) in [6.07, 6.45) is 0. The Morgan fingerprint density at radius 1 is 0.875 bits per heavy atom. The van der Waals surface area contributed by atoms with E-state index in [-0.39, 0.29) is 19.3 Å². The third-order valence-corrected chi connectivity index (χ3v) is 6.86. The number of hydrogen-bond donors (Lipinski definition) is 0. The van der Waals surface area contributed by atoms with E-state index in [4.69, 9.17) is 33.2 Å². The number of fused-ring (bicyclic) bond motifs is 2. The number of carbonyl (C=O) groups is 2. The molecular weight excluding hydrogens is 420 g/mol. The van der Waals surface area contributed by atoms with E-state index in [1.807, 2.05) is 6.07 Å². The van der Waals surface area contributed by atoms with Crippen molar-refractivity contribution in [2.75, 3.05) is 34.7 Å². The molecule has 2 bridgehead atoms. The lowest BCUT2D eigenvalue weighted by Gasteiger charge is -2.51. The maximum absolute atomic E-state index is 13.2. The van der Waals surface area contributed by atoms with Crippen LogP contribution < -0.4 is 23.7 Å². The Kier molecular flexibility index (Phi) is 3.84. The number of carbonyl (C=O) groups excluding carboxylic acids is 2. The van der Waals surface area contributed by atoms with Crippen LogP contribution in [0.4, 0.5) is 0 Å². The summed E-state index contributed by atoms with van der Waals surface area (Å²) in [6, 6.07) is 7.02. The van der Waals surface area contributed by atoms with Crippen molar-refractivity contribution < 1.29 is 42.7 Å². The molecule has 5 aliphatic rings. The molecule has 9 heteroatoms. The first-order valence-corrected chi connectivity index (χ1v) is 10.2. The summed E-state index contributed by atoms with van der Waals surface area (Å²) in [5, 5.41) is 0. The highest BCUT2D eigenvalue weighted by molar-refractivity contribution is 5.91. The van der Waals surface area contributed by atoms with Crippen molar-refractivity contribution >= 4 is 11.9 Å². The van der Waals surface area contributed by atoms with Crippen LogP contribution >= 0.6 is 0 Å². The van der Waals surface area contributed by atoms with Crippen LogP contribution in [0.5, 0.6) is 28.7 Å². The van der Waals surface area contributed by atoms with Gasteiger partial charge in [-0.3, -0.25) is 9.59 Å². The number of methoxy groups -OCH3 is 3. The molecule has 2 fully saturated rings. The zero-order valence-corrected chi connectivity index (χ0v) is 17.6. The van der Waals surface area contributed by atoms with Crippen LogP contribution in [0.3, 0.4) is 0 Å². The third-order valence-electron chi connectivity index (χ3n) is 6.86. The molecular formula is C23H20O9. The molecule has 4 heterocycles. The summed E-state index contributed by atoms with van der Waals surface area (Å²) in [6.45, 7) is 0.229. The summed E-state index contributed by atoms with van der Waals surface area (Å²) in [4.78, 5) is 26.2. The van der Waals surface area contributed by atoms with Gasteiger partial charge >= 0.3 is 11.9 Å². The van der Waals surface area contributed by atoms with Crippen molar-refractivity contribution in [3.05, 3.63) is 41.0 Å². The fourth-order valence-corrected chi connectivity index (χ4v) is 5.56. The van der Waals surface area contributed by atoms with E-state index in [0.29, 0.717) is 39.9 Å². The minimum absolute atomic E-state index is 0.0871. The van der Waals surface area contributed by atoms with Gasteiger partial charge in [0.2, 0.25) is 12.5 Å². The molecule has 2 saturated heterocycles. The molecule has 166 valence electrons. The van der Waals surface area contributed by atoms with Gasteiger partial charge in [0.05, 0.1) is 33.9 Å². The van der Waals surface area contributed by atoms with Gasteiger partial charge in [-0.05, 0) is 29.8 Å². The van der Waals surface area contributed by atoms with Gasteiger partial charge in [-0.1, -0.05) is 0 Å². The van der Waals surface area contributed by atoms with Crippen LogP contribution in [0.15, 0.2) is 24.3 Å². The Morgan fingerprint density at radius 3 is 2.22 bits per heavy atom. The highest BCUT2D eigenvalue weighted by Gasteiger charge is 2.68. The lowest BCUT2D eigenvalue weighted by Crippen LogP contribution is -2.57. The predicted octanol–water partition coefficient (Wildman–Crippen LogP) is 2.13. The average molecular weight is 440 g/mol. The van der Waals surface area contributed by atoms with Gasteiger partial charge in [0.15, 0.2) is 28.6 Å². The summed E-state index contributed by atoms with van der Waals surface area (Å²) in [5.41, 5.74) is 0.500. The first kappa shape index (κ1) is 19.1. The van der Waals surface area contributed by atoms with Gasteiger partial charge < -0.3 is 33.2 Å². The maximum Gasteiger partial charge on any atom is 0.315 e. The lowest BCUT2D eigenvalue weighted by molar-refractivity contribution is -0.186. The first-order chi connectivity index (χ1) is 15.5. The molecule has 0 unspecified atom stereocenters. The smallest absolute Gasteiger partial charge is 0.315 e. The zero-order chi connectivity index (χ0) is 22.2. The van der Waals surface area contributed by atoms with Gasteiger partial charge in [0, 0.05) is 17.0 Å². The van der Waals surface area contributed by atoms with Gasteiger partial charge in [-0.2, -0.15) is 0 Å². The largest absolute Gasteiger partial charge is 0.493 e. The normalized spacial score (nSPS) is 28.5. The molecule has 32 heavy (non-hydrogen) atoms. The van der Waals surface area contributed by atoms with Crippen LogP contribution in [0.1, 0.15) is 22.6 Å². The first-order valence-electron chi connectivity index (χ1n) is 10.2. The monoisotopic (exact) mass is 440 g/mol. The summed E-state index contributed by atoms with van der Waals surface area (Å²) < 4.78 is 39.2. The molecule has 9 nitrogen and oxygen atoms in total. The van der Waals surface area contributed by atoms with Crippen molar-refractivity contribution in [3.63, 3.8) is 0 Å². The van der Waals surface area contributed by atoms with Gasteiger partial charge in [0.1, 0.15) is 5.92 Å². The molecule has 1 aliphatic carbocycles. The Bertz CT molecular complexity index is 1150. The van der Waals surface area contributed by atoms with E-state index in [1.54, 1.807) is 18.2 Å². The van der Waals surface area contributed by atoms with E-state index in [9.17, 15) is 9.59 Å². The Labute approximate surface area is 183 Å². The maximum atomic E-state index is 13.2. The lowest BCUT2D eigenvalue weighted by atomic mass is 9.58. The SMILES string of the molecule is COc1cc([C@@]23OC(=O)[C@H](c4cc5c(cc42)OCO5)[C@@H]2COC(=O)[C@@H]23)cc(OC)c1OC. The molecule has 0 spiro atoms. The second-order valence-electron chi connectivity index (χ2n) is 8.11. The fraction of sp³-hybridized carbons (Fsp3) is 0.391. The van der Waals surface area contributed by atoms with Gasteiger partial charge in [-0.15, -0.1) is 0 Å².